The Morgan fingerprint density at radius 2 is 2.32 bits per heavy atom. The molecule has 3 heterocycles. The zero-order valence-electron chi connectivity index (χ0n) is 13.2. The average Bonchev–Trinajstić information content (AvgIpc) is 3.02. The van der Waals surface area contributed by atoms with Crippen molar-refractivity contribution in [2.45, 2.75) is 19.4 Å². The van der Waals surface area contributed by atoms with Crippen LogP contribution in [0.3, 0.4) is 0 Å². The molecule has 3 rings (SSSR count). The maximum absolute atomic E-state index is 11.9. The molecule has 1 fully saturated rings. The highest BCUT2D eigenvalue weighted by Crippen LogP contribution is 2.28. The minimum atomic E-state index is -0.0141. The first kappa shape index (κ1) is 14.6. The zero-order valence-corrected chi connectivity index (χ0v) is 13.2. The summed E-state index contributed by atoms with van der Waals surface area (Å²) >= 11 is 0. The number of aromatic amines is 1. The summed E-state index contributed by atoms with van der Waals surface area (Å²) in [5.74, 6) is 1.40. The molecule has 7 heteroatoms. The maximum atomic E-state index is 11.9. The van der Waals surface area contributed by atoms with Gasteiger partial charge in [-0.1, -0.05) is 6.92 Å². The number of amides is 2. The van der Waals surface area contributed by atoms with E-state index in [0.717, 1.165) is 29.8 Å². The Labute approximate surface area is 129 Å². The molecule has 7 nitrogen and oxygen atoms in total. The number of likely N-dealkylation sites (tertiary alicyclic amines) is 1. The highest BCUT2D eigenvalue weighted by atomic mass is 16.2. The summed E-state index contributed by atoms with van der Waals surface area (Å²) < 4.78 is 0. The molecular weight excluding hydrogens is 280 g/mol. The van der Waals surface area contributed by atoms with Crippen molar-refractivity contribution in [3.63, 3.8) is 0 Å². The first-order chi connectivity index (χ1) is 10.6. The fraction of sp³-hybridized carbons (Fsp3) is 0.533. The van der Waals surface area contributed by atoms with Crippen LogP contribution in [0.1, 0.15) is 13.3 Å². The SMILES string of the molecule is CNC(=O)N1CCC(C)C(N(C)c2ncnc3[nH]ccc23)C1. The Hall–Kier alpha value is -2.31. The number of urea groups is 1. The smallest absolute Gasteiger partial charge is 0.317 e. The summed E-state index contributed by atoms with van der Waals surface area (Å²) in [5.41, 5.74) is 0.837. The van der Waals surface area contributed by atoms with E-state index in [4.69, 9.17) is 0 Å². The molecule has 0 saturated carbocycles. The minimum Gasteiger partial charge on any atom is -0.354 e. The number of hydrogen-bond donors (Lipinski definition) is 2. The van der Waals surface area contributed by atoms with Crippen LogP contribution in [0.25, 0.3) is 11.0 Å². The number of aromatic nitrogens is 3. The molecule has 118 valence electrons. The van der Waals surface area contributed by atoms with Gasteiger partial charge >= 0.3 is 6.03 Å². The van der Waals surface area contributed by atoms with E-state index in [0.29, 0.717) is 12.5 Å². The third kappa shape index (κ3) is 2.47. The van der Waals surface area contributed by atoms with Crippen LogP contribution in [0.15, 0.2) is 18.6 Å². The summed E-state index contributed by atoms with van der Waals surface area (Å²) in [4.78, 5) is 27.8. The molecule has 2 amide bonds. The van der Waals surface area contributed by atoms with Crippen molar-refractivity contribution in [1.29, 1.82) is 0 Å². The molecule has 0 aliphatic carbocycles. The van der Waals surface area contributed by atoms with Gasteiger partial charge in [0.15, 0.2) is 0 Å². The number of fused-ring (bicyclic) bond motifs is 1. The number of carbonyl (C=O) groups excluding carboxylic acids is 1. The van der Waals surface area contributed by atoms with Crippen molar-refractivity contribution in [1.82, 2.24) is 25.2 Å². The Morgan fingerprint density at radius 1 is 1.50 bits per heavy atom. The molecule has 0 radical (unpaired) electrons. The molecule has 1 aliphatic heterocycles. The largest absolute Gasteiger partial charge is 0.354 e. The van der Waals surface area contributed by atoms with Gasteiger partial charge in [-0.05, 0) is 18.4 Å². The van der Waals surface area contributed by atoms with Crippen molar-refractivity contribution < 1.29 is 4.79 Å². The van der Waals surface area contributed by atoms with Gasteiger partial charge in [0.2, 0.25) is 0 Å². The molecule has 1 saturated heterocycles. The van der Waals surface area contributed by atoms with E-state index in [2.05, 4.69) is 32.1 Å². The summed E-state index contributed by atoms with van der Waals surface area (Å²) in [6, 6.07) is 2.21. The van der Waals surface area contributed by atoms with E-state index in [1.807, 2.05) is 24.2 Å². The monoisotopic (exact) mass is 302 g/mol. The lowest BCUT2D eigenvalue weighted by molar-refractivity contribution is 0.163. The van der Waals surface area contributed by atoms with Crippen molar-refractivity contribution in [2.75, 3.05) is 32.1 Å². The molecule has 0 aromatic carbocycles. The molecule has 2 aromatic rings. The van der Waals surface area contributed by atoms with Crippen LogP contribution in [-0.4, -0.2) is 59.1 Å². The van der Waals surface area contributed by atoms with Crippen molar-refractivity contribution in [2.24, 2.45) is 5.92 Å². The molecule has 2 unspecified atom stereocenters. The number of hydrogen-bond acceptors (Lipinski definition) is 4. The second-order valence-corrected chi connectivity index (χ2v) is 5.88. The van der Waals surface area contributed by atoms with Crippen LogP contribution >= 0.6 is 0 Å². The highest BCUT2D eigenvalue weighted by Gasteiger charge is 2.32. The van der Waals surface area contributed by atoms with Crippen LogP contribution in [0.4, 0.5) is 10.6 Å². The summed E-state index contributed by atoms with van der Waals surface area (Å²) in [6.45, 7) is 3.74. The number of carbonyl (C=O) groups is 1. The predicted octanol–water partition coefficient (Wildman–Crippen LogP) is 1.44. The topological polar surface area (TPSA) is 77.2 Å². The van der Waals surface area contributed by atoms with E-state index in [1.165, 1.54) is 0 Å². The second kappa shape index (κ2) is 5.82. The molecule has 0 bridgehead atoms. The third-order valence-electron chi connectivity index (χ3n) is 4.58. The fourth-order valence-corrected chi connectivity index (χ4v) is 3.19. The normalized spacial score (nSPS) is 21.9. The van der Waals surface area contributed by atoms with E-state index < -0.39 is 0 Å². The highest BCUT2D eigenvalue weighted by molar-refractivity contribution is 5.87. The van der Waals surface area contributed by atoms with E-state index in [9.17, 15) is 4.79 Å². The standard InChI is InChI=1S/C15H22N6O/c1-10-5-7-21(15(22)16-2)8-12(10)20(3)14-11-4-6-17-13(11)18-9-19-14/h4,6,9-10,12H,5,7-8H2,1-3H3,(H,16,22)(H,17,18,19). The van der Waals surface area contributed by atoms with Crippen LogP contribution < -0.4 is 10.2 Å². The molecule has 22 heavy (non-hydrogen) atoms. The van der Waals surface area contributed by atoms with Gasteiger partial charge in [-0.2, -0.15) is 0 Å². The number of nitrogens with zero attached hydrogens (tertiary/aromatic N) is 4. The van der Waals surface area contributed by atoms with Crippen LogP contribution in [-0.2, 0) is 0 Å². The van der Waals surface area contributed by atoms with Crippen LogP contribution in [0.2, 0.25) is 0 Å². The number of H-pyrrole nitrogens is 1. The summed E-state index contributed by atoms with van der Waals surface area (Å²) in [7, 11) is 3.72. The number of nitrogens with one attached hydrogen (secondary N) is 2. The van der Waals surface area contributed by atoms with Gasteiger partial charge in [-0.3, -0.25) is 0 Å². The van der Waals surface area contributed by atoms with Gasteiger partial charge < -0.3 is 20.1 Å². The van der Waals surface area contributed by atoms with Crippen LogP contribution in [0.5, 0.6) is 0 Å². The van der Waals surface area contributed by atoms with Gasteiger partial charge in [0.05, 0.1) is 11.4 Å². The molecule has 0 spiro atoms. The maximum Gasteiger partial charge on any atom is 0.317 e. The Balaban J connectivity index is 1.88. The molecule has 2 N–H and O–H groups in total. The van der Waals surface area contributed by atoms with Crippen molar-refractivity contribution in [3.8, 4) is 0 Å². The Bertz CT molecular complexity index is 669. The van der Waals surface area contributed by atoms with Crippen LogP contribution in [0, 0.1) is 5.92 Å². The van der Waals surface area contributed by atoms with Gasteiger partial charge in [0.25, 0.3) is 0 Å². The molecule has 1 aliphatic rings. The number of rotatable bonds is 2. The number of likely N-dealkylation sites (N-methyl/N-ethyl adjacent to an activating group) is 1. The summed E-state index contributed by atoms with van der Waals surface area (Å²) in [6.07, 6.45) is 4.44. The number of anilines is 1. The zero-order chi connectivity index (χ0) is 15.7. The first-order valence-electron chi connectivity index (χ1n) is 7.59. The van der Waals surface area contributed by atoms with Crippen molar-refractivity contribution in [3.05, 3.63) is 18.6 Å². The van der Waals surface area contributed by atoms with Gasteiger partial charge in [-0.25, -0.2) is 14.8 Å². The molecule has 2 aromatic heterocycles. The van der Waals surface area contributed by atoms with E-state index in [-0.39, 0.29) is 12.1 Å². The lowest BCUT2D eigenvalue weighted by atomic mass is 9.92. The molecule has 2 atom stereocenters. The van der Waals surface area contributed by atoms with E-state index in [1.54, 1.807) is 13.4 Å². The lowest BCUT2D eigenvalue weighted by Crippen LogP contribution is -2.54. The minimum absolute atomic E-state index is 0.0141. The quantitative estimate of drug-likeness (QED) is 0.880. The van der Waals surface area contributed by atoms with Gasteiger partial charge in [-0.15, -0.1) is 0 Å². The summed E-state index contributed by atoms with van der Waals surface area (Å²) in [5, 5.41) is 3.72. The fourth-order valence-electron chi connectivity index (χ4n) is 3.19. The number of piperidine rings is 1. The third-order valence-corrected chi connectivity index (χ3v) is 4.58. The lowest BCUT2D eigenvalue weighted by Gasteiger charge is -2.42. The predicted molar refractivity (Wildman–Crippen MR) is 85.9 cm³/mol. The first-order valence-corrected chi connectivity index (χ1v) is 7.59. The van der Waals surface area contributed by atoms with Crippen molar-refractivity contribution >= 4 is 22.9 Å². The van der Waals surface area contributed by atoms with E-state index >= 15 is 0 Å². The Kier molecular flexibility index (Phi) is 3.87. The van der Waals surface area contributed by atoms with Gasteiger partial charge in [0, 0.05) is 33.4 Å². The second-order valence-electron chi connectivity index (χ2n) is 5.88. The molecular formula is C15H22N6O. The van der Waals surface area contributed by atoms with Gasteiger partial charge in [0.1, 0.15) is 17.8 Å². The average molecular weight is 302 g/mol. The Morgan fingerprint density at radius 3 is 3.09 bits per heavy atom.